The molecule has 0 aliphatic carbocycles. The summed E-state index contributed by atoms with van der Waals surface area (Å²) in [5.41, 5.74) is 5.44. The van der Waals surface area contributed by atoms with Crippen molar-refractivity contribution in [3.63, 3.8) is 0 Å². The molecule has 0 spiro atoms. The molecular weight excluding hydrogens is 206 g/mol. The number of nitrogen functional groups attached to an aromatic ring is 1. The van der Waals surface area contributed by atoms with Crippen LogP contribution in [-0.2, 0) is 0 Å². The first-order chi connectivity index (χ1) is 7.84. The van der Waals surface area contributed by atoms with Gasteiger partial charge in [0.15, 0.2) is 0 Å². The zero-order valence-corrected chi connectivity index (χ0v) is 8.72. The molecule has 1 aromatic carbocycles. The Morgan fingerprint density at radius 2 is 1.88 bits per heavy atom. The summed E-state index contributed by atoms with van der Waals surface area (Å²) in [6.07, 6.45) is 0. The van der Waals surface area contributed by atoms with Gasteiger partial charge >= 0.3 is 0 Å². The lowest BCUT2D eigenvalue weighted by Gasteiger charge is -2.05. The predicted molar refractivity (Wildman–Crippen MR) is 60.4 cm³/mol. The molecule has 16 heavy (non-hydrogen) atoms. The molecule has 0 unspecified atom stereocenters. The predicted octanol–water partition coefficient (Wildman–Crippen LogP) is 1.45. The standard InChI is InChI=1S/C11H13N3O2/c12-10-8-11(14-13-10)16-7-6-15-9-4-2-1-3-5-9/h1-5,8H,6-7H2,(H3,12,13,14). The van der Waals surface area contributed by atoms with E-state index in [1.807, 2.05) is 30.3 Å². The summed E-state index contributed by atoms with van der Waals surface area (Å²) in [4.78, 5) is 0. The van der Waals surface area contributed by atoms with Crippen molar-refractivity contribution < 1.29 is 9.47 Å². The fourth-order valence-corrected chi connectivity index (χ4v) is 1.21. The molecule has 1 aromatic heterocycles. The van der Waals surface area contributed by atoms with E-state index in [1.165, 1.54) is 0 Å². The zero-order chi connectivity index (χ0) is 11.2. The average Bonchev–Trinajstić information content (AvgIpc) is 2.72. The Kier molecular flexibility index (Phi) is 3.28. The van der Waals surface area contributed by atoms with Crippen LogP contribution in [0.5, 0.6) is 11.6 Å². The molecule has 2 rings (SSSR count). The van der Waals surface area contributed by atoms with Gasteiger partial charge in [-0.15, -0.1) is 5.10 Å². The molecule has 0 aliphatic heterocycles. The van der Waals surface area contributed by atoms with Crippen LogP contribution in [0, 0.1) is 0 Å². The first kappa shape index (κ1) is 10.4. The molecule has 0 saturated carbocycles. The summed E-state index contributed by atoms with van der Waals surface area (Å²) in [6, 6.07) is 11.2. The number of anilines is 1. The average molecular weight is 219 g/mol. The van der Waals surface area contributed by atoms with E-state index < -0.39 is 0 Å². The van der Waals surface area contributed by atoms with E-state index in [-0.39, 0.29) is 0 Å². The molecule has 2 aromatic rings. The summed E-state index contributed by atoms with van der Waals surface area (Å²) in [7, 11) is 0. The number of rotatable bonds is 5. The van der Waals surface area contributed by atoms with Crippen LogP contribution in [0.3, 0.4) is 0 Å². The monoisotopic (exact) mass is 219 g/mol. The highest BCUT2D eigenvalue weighted by Gasteiger charge is 1.98. The van der Waals surface area contributed by atoms with Gasteiger partial charge in [-0.05, 0) is 12.1 Å². The molecule has 3 N–H and O–H groups in total. The third-order valence-electron chi connectivity index (χ3n) is 1.92. The summed E-state index contributed by atoms with van der Waals surface area (Å²) >= 11 is 0. The van der Waals surface area contributed by atoms with Crippen LogP contribution in [0.4, 0.5) is 5.82 Å². The van der Waals surface area contributed by atoms with E-state index in [9.17, 15) is 0 Å². The highest BCUT2D eigenvalue weighted by Crippen LogP contribution is 2.10. The molecule has 0 fully saturated rings. The molecule has 0 saturated heterocycles. The van der Waals surface area contributed by atoms with Crippen LogP contribution in [0.25, 0.3) is 0 Å². The molecule has 0 atom stereocenters. The van der Waals surface area contributed by atoms with E-state index >= 15 is 0 Å². The van der Waals surface area contributed by atoms with E-state index in [0.29, 0.717) is 24.9 Å². The first-order valence-corrected chi connectivity index (χ1v) is 4.96. The van der Waals surface area contributed by atoms with Crippen molar-refractivity contribution in [3.05, 3.63) is 36.4 Å². The van der Waals surface area contributed by atoms with Gasteiger partial charge in [0.05, 0.1) is 0 Å². The number of ether oxygens (including phenoxy) is 2. The van der Waals surface area contributed by atoms with E-state index in [4.69, 9.17) is 15.2 Å². The molecular formula is C11H13N3O2. The minimum Gasteiger partial charge on any atom is -0.490 e. The van der Waals surface area contributed by atoms with Crippen LogP contribution < -0.4 is 15.2 Å². The number of H-pyrrole nitrogens is 1. The number of para-hydroxylation sites is 1. The largest absolute Gasteiger partial charge is 0.490 e. The maximum atomic E-state index is 5.44. The van der Waals surface area contributed by atoms with Crippen LogP contribution in [0.2, 0.25) is 0 Å². The van der Waals surface area contributed by atoms with E-state index in [2.05, 4.69) is 10.2 Å². The molecule has 0 bridgehead atoms. The molecule has 5 heteroatoms. The van der Waals surface area contributed by atoms with Gasteiger partial charge in [0.1, 0.15) is 24.8 Å². The molecule has 0 radical (unpaired) electrons. The summed E-state index contributed by atoms with van der Waals surface area (Å²) in [5, 5.41) is 6.42. The number of hydrogen-bond donors (Lipinski definition) is 2. The van der Waals surface area contributed by atoms with Crippen molar-refractivity contribution in [1.82, 2.24) is 10.2 Å². The molecule has 0 aliphatic rings. The number of aromatic amines is 1. The second-order valence-electron chi connectivity index (χ2n) is 3.17. The second-order valence-corrected chi connectivity index (χ2v) is 3.17. The van der Waals surface area contributed by atoms with Crippen molar-refractivity contribution in [2.75, 3.05) is 18.9 Å². The number of nitrogens with zero attached hydrogens (tertiary/aromatic N) is 1. The zero-order valence-electron chi connectivity index (χ0n) is 8.72. The summed E-state index contributed by atoms with van der Waals surface area (Å²) in [6.45, 7) is 0.899. The van der Waals surface area contributed by atoms with Crippen LogP contribution in [0.15, 0.2) is 36.4 Å². The third kappa shape index (κ3) is 2.91. The first-order valence-electron chi connectivity index (χ1n) is 4.96. The van der Waals surface area contributed by atoms with Crippen molar-refractivity contribution in [3.8, 4) is 11.6 Å². The Labute approximate surface area is 93.2 Å². The number of hydrogen-bond acceptors (Lipinski definition) is 4. The van der Waals surface area contributed by atoms with Crippen molar-refractivity contribution >= 4 is 5.82 Å². The van der Waals surface area contributed by atoms with Crippen LogP contribution in [0.1, 0.15) is 0 Å². The number of benzene rings is 1. The van der Waals surface area contributed by atoms with Gasteiger partial charge in [0, 0.05) is 6.07 Å². The third-order valence-corrected chi connectivity index (χ3v) is 1.92. The number of nitrogens with two attached hydrogens (primary N) is 1. The van der Waals surface area contributed by atoms with Gasteiger partial charge in [0.2, 0.25) is 5.88 Å². The van der Waals surface area contributed by atoms with E-state index in [0.717, 1.165) is 5.75 Å². The lowest BCUT2D eigenvalue weighted by atomic mass is 10.3. The Hall–Kier alpha value is -2.17. The van der Waals surface area contributed by atoms with Crippen molar-refractivity contribution in [2.24, 2.45) is 0 Å². The highest BCUT2D eigenvalue weighted by molar-refractivity contribution is 5.31. The maximum absolute atomic E-state index is 5.44. The van der Waals surface area contributed by atoms with Gasteiger partial charge in [-0.1, -0.05) is 18.2 Å². The van der Waals surface area contributed by atoms with Gasteiger partial charge in [-0.25, -0.2) is 0 Å². The Morgan fingerprint density at radius 1 is 1.12 bits per heavy atom. The smallest absolute Gasteiger partial charge is 0.234 e. The fraction of sp³-hybridized carbons (Fsp3) is 0.182. The van der Waals surface area contributed by atoms with Crippen molar-refractivity contribution in [1.29, 1.82) is 0 Å². The van der Waals surface area contributed by atoms with Gasteiger partial charge < -0.3 is 15.2 Å². The Morgan fingerprint density at radius 3 is 2.56 bits per heavy atom. The maximum Gasteiger partial charge on any atom is 0.234 e. The highest BCUT2D eigenvalue weighted by atomic mass is 16.5. The topological polar surface area (TPSA) is 73.2 Å². The molecule has 84 valence electrons. The van der Waals surface area contributed by atoms with Crippen LogP contribution >= 0.6 is 0 Å². The summed E-state index contributed by atoms with van der Waals surface area (Å²) < 4.78 is 10.7. The van der Waals surface area contributed by atoms with Gasteiger partial charge in [0.25, 0.3) is 0 Å². The van der Waals surface area contributed by atoms with Gasteiger partial charge in [-0.3, -0.25) is 5.10 Å². The summed E-state index contributed by atoms with van der Waals surface area (Å²) in [5.74, 6) is 1.79. The lowest BCUT2D eigenvalue weighted by Crippen LogP contribution is -2.09. The minimum atomic E-state index is 0.430. The number of nitrogens with one attached hydrogen (secondary N) is 1. The van der Waals surface area contributed by atoms with Gasteiger partial charge in [-0.2, -0.15) is 0 Å². The second kappa shape index (κ2) is 5.06. The molecule has 5 nitrogen and oxygen atoms in total. The molecule has 1 heterocycles. The minimum absolute atomic E-state index is 0.430. The van der Waals surface area contributed by atoms with Crippen molar-refractivity contribution in [2.45, 2.75) is 0 Å². The Balaban J connectivity index is 1.69. The normalized spacial score (nSPS) is 10.0. The van der Waals surface area contributed by atoms with Crippen LogP contribution in [-0.4, -0.2) is 23.4 Å². The SMILES string of the molecule is Nc1cc(OCCOc2ccccc2)n[nH]1. The fourth-order valence-electron chi connectivity index (χ4n) is 1.21. The Bertz CT molecular complexity index is 428. The lowest BCUT2D eigenvalue weighted by molar-refractivity contribution is 0.212. The number of aromatic nitrogens is 2. The molecule has 0 amide bonds. The quantitative estimate of drug-likeness (QED) is 0.746. The van der Waals surface area contributed by atoms with E-state index in [1.54, 1.807) is 6.07 Å².